The average Bonchev–Trinajstić information content (AvgIpc) is 3.04. The smallest absolute Gasteiger partial charge is 0.226 e. The minimum absolute atomic E-state index is 0. The van der Waals surface area contributed by atoms with Gasteiger partial charge in [0.2, 0.25) is 5.91 Å². The molecule has 7 heteroatoms. The Balaban J connectivity index is 0.00000192. The Morgan fingerprint density at radius 2 is 2.22 bits per heavy atom. The molecule has 1 aromatic rings. The molecule has 1 aliphatic carbocycles. The van der Waals surface area contributed by atoms with E-state index in [9.17, 15) is 9.59 Å². The van der Waals surface area contributed by atoms with Crippen LogP contribution in [-0.4, -0.2) is 29.8 Å². The quantitative estimate of drug-likeness (QED) is 0.868. The summed E-state index contributed by atoms with van der Waals surface area (Å²) in [5.41, 5.74) is 0.816. The van der Waals surface area contributed by atoms with E-state index in [2.05, 4.69) is 29.5 Å². The zero-order valence-corrected chi connectivity index (χ0v) is 15.2. The van der Waals surface area contributed by atoms with E-state index in [1.54, 1.807) is 0 Å². The number of thiazole rings is 1. The van der Waals surface area contributed by atoms with Crippen LogP contribution >= 0.6 is 23.7 Å². The van der Waals surface area contributed by atoms with Crippen LogP contribution in [0.5, 0.6) is 0 Å². The molecule has 1 amide bonds. The maximum Gasteiger partial charge on any atom is 0.226 e. The fraction of sp³-hybridized carbons (Fsp3) is 0.688. The molecule has 0 bridgehead atoms. The van der Waals surface area contributed by atoms with Gasteiger partial charge >= 0.3 is 0 Å². The van der Waals surface area contributed by atoms with Crippen molar-refractivity contribution in [3.05, 3.63) is 10.6 Å². The maximum absolute atomic E-state index is 12.2. The number of nitrogens with zero attached hydrogens (tertiary/aromatic N) is 1. The Morgan fingerprint density at radius 3 is 2.91 bits per heavy atom. The number of halogens is 1. The summed E-state index contributed by atoms with van der Waals surface area (Å²) in [5.74, 6) is 0.767. The van der Waals surface area contributed by atoms with Gasteiger partial charge in [-0.2, -0.15) is 0 Å². The van der Waals surface area contributed by atoms with Gasteiger partial charge in [-0.3, -0.25) is 9.59 Å². The third kappa shape index (κ3) is 4.52. The van der Waals surface area contributed by atoms with Crippen LogP contribution in [0.2, 0.25) is 0 Å². The standard InChI is InChI=1S/C16H23N3O2S.ClH/c1-16(2)7-11-14(12(20)8-16)22-15(18-11)19-13(21)4-3-10-5-6-17-9-10;/h10,17H,3-9H2,1-2H3,(H,18,19,21);1H. The molecule has 1 atom stereocenters. The molecule has 2 N–H and O–H groups in total. The first-order chi connectivity index (χ1) is 10.4. The largest absolute Gasteiger partial charge is 0.316 e. The topological polar surface area (TPSA) is 71.1 Å². The number of amides is 1. The van der Waals surface area contributed by atoms with Gasteiger partial charge in [-0.25, -0.2) is 4.98 Å². The third-order valence-electron chi connectivity index (χ3n) is 4.42. The number of fused-ring (bicyclic) bond motifs is 1. The van der Waals surface area contributed by atoms with E-state index in [1.165, 1.54) is 11.3 Å². The molecular weight excluding hydrogens is 334 g/mol. The van der Waals surface area contributed by atoms with Gasteiger partial charge in [0.15, 0.2) is 10.9 Å². The summed E-state index contributed by atoms with van der Waals surface area (Å²) in [6.07, 6.45) is 3.95. The second-order valence-electron chi connectivity index (χ2n) is 7.18. The second-order valence-corrected chi connectivity index (χ2v) is 8.18. The van der Waals surface area contributed by atoms with Crippen molar-refractivity contribution >= 4 is 40.6 Å². The minimum atomic E-state index is -0.0328. The number of hydrogen-bond donors (Lipinski definition) is 2. The number of hydrogen-bond acceptors (Lipinski definition) is 5. The lowest BCUT2D eigenvalue weighted by Crippen LogP contribution is -2.26. The van der Waals surface area contributed by atoms with E-state index >= 15 is 0 Å². The van der Waals surface area contributed by atoms with Gasteiger partial charge in [0.1, 0.15) is 0 Å². The summed E-state index contributed by atoms with van der Waals surface area (Å²) in [6, 6.07) is 0. The molecule has 1 unspecified atom stereocenters. The summed E-state index contributed by atoms with van der Waals surface area (Å²) in [4.78, 5) is 29.4. The van der Waals surface area contributed by atoms with E-state index in [0.717, 1.165) is 42.9 Å². The molecule has 128 valence electrons. The van der Waals surface area contributed by atoms with Crippen LogP contribution in [0.4, 0.5) is 5.13 Å². The van der Waals surface area contributed by atoms with Crippen molar-refractivity contribution in [2.45, 2.75) is 46.0 Å². The van der Waals surface area contributed by atoms with Gasteiger partial charge in [-0.05, 0) is 43.7 Å². The molecule has 5 nitrogen and oxygen atoms in total. The molecule has 23 heavy (non-hydrogen) atoms. The van der Waals surface area contributed by atoms with Gasteiger partial charge in [-0.15, -0.1) is 12.4 Å². The van der Waals surface area contributed by atoms with Crippen LogP contribution in [0.15, 0.2) is 0 Å². The molecule has 0 radical (unpaired) electrons. The number of nitrogens with one attached hydrogen (secondary N) is 2. The summed E-state index contributed by atoms with van der Waals surface area (Å²) < 4.78 is 0. The van der Waals surface area contributed by atoms with Crippen LogP contribution in [0.3, 0.4) is 0 Å². The summed E-state index contributed by atoms with van der Waals surface area (Å²) in [6.45, 7) is 6.24. The zero-order valence-electron chi connectivity index (χ0n) is 13.6. The van der Waals surface area contributed by atoms with E-state index in [0.29, 0.717) is 23.9 Å². The molecule has 0 spiro atoms. The Hall–Kier alpha value is -0.980. The van der Waals surface area contributed by atoms with Crippen molar-refractivity contribution in [3.63, 3.8) is 0 Å². The number of carbonyl (C=O) groups is 2. The lowest BCUT2D eigenvalue weighted by Gasteiger charge is -2.26. The van der Waals surface area contributed by atoms with Gasteiger partial charge in [0, 0.05) is 12.8 Å². The highest BCUT2D eigenvalue weighted by Gasteiger charge is 2.34. The zero-order chi connectivity index (χ0) is 15.7. The number of Topliss-reactive ketones (excluding diaryl/α,β-unsaturated/α-hetero) is 1. The van der Waals surface area contributed by atoms with Crippen molar-refractivity contribution in [2.75, 3.05) is 18.4 Å². The molecule has 1 fully saturated rings. The Labute approximate surface area is 147 Å². The first-order valence-electron chi connectivity index (χ1n) is 7.96. The Kier molecular flexibility index (Phi) is 5.81. The Bertz CT molecular complexity index is 594. The highest BCUT2D eigenvalue weighted by Crippen LogP contribution is 2.38. The minimum Gasteiger partial charge on any atom is -0.316 e. The molecule has 0 saturated carbocycles. The monoisotopic (exact) mass is 357 g/mol. The van der Waals surface area contributed by atoms with E-state index in [4.69, 9.17) is 0 Å². The van der Waals surface area contributed by atoms with E-state index in [1.807, 2.05) is 0 Å². The van der Waals surface area contributed by atoms with Crippen molar-refractivity contribution < 1.29 is 9.59 Å². The fourth-order valence-electron chi connectivity index (χ4n) is 3.25. The van der Waals surface area contributed by atoms with Crippen molar-refractivity contribution in [3.8, 4) is 0 Å². The number of anilines is 1. The Morgan fingerprint density at radius 1 is 1.43 bits per heavy atom. The average molecular weight is 358 g/mol. The van der Waals surface area contributed by atoms with Crippen molar-refractivity contribution in [2.24, 2.45) is 11.3 Å². The predicted octanol–water partition coefficient (Wildman–Crippen LogP) is 3.05. The van der Waals surface area contributed by atoms with Crippen LogP contribution < -0.4 is 10.6 Å². The first-order valence-corrected chi connectivity index (χ1v) is 8.78. The van der Waals surface area contributed by atoms with Crippen LogP contribution in [-0.2, 0) is 11.2 Å². The van der Waals surface area contributed by atoms with Crippen LogP contribution in [0.1, 0.15) is 54.9 Å². The van der Waals surface area contributed by atoms with E-state index < -0.39 is 0 Å². The summed E-state index contributed by atoms with van der Waals surface area (Å²) >= 11 is 1.33. The molecule has 3 rings (SSSR count). The van der Waals surface area contributed by atoms with E-state index in [-0.39, 0.29) is 29.5 Å². The second kappa shape index (κ2) is 7.28. The number of ketones is 1. The number of rotatable bonds is 4. The molecule has 1 aliphatic heterocycles. The molecule has 2 aliphatic rings. The molecule has 1 aromatic heterocycles. The number of carbonyl (C=O) groups excluding carboxylic acids is 2. The first kappa shape index (κ1) is 18.4. The lowest BCUT2D eigenvalue weighted by molar-refractivity contribution is -0.116. The summed E-state index contributed by atoms with van der Waals surface area (Å²) in [5, 5.41) is 6.75. The van der Waals surface area contributed by atoms with Crippen LogP contribution in [0.25, 0.3) is 0 Å². The highest BCUT2D eigenvalue weighted by molar-refractivity contribution is 7.17. The maximum atomic E-state index is 12.2. The number of aromatic nitrogens is 1. The van der Waals surface area contributed by atoms with Gasteiger partial charge < -0.3 is 10.6 Å². The fourth-order valence-corrected chi connectivity index (χ4v) is 4.19. The normalized spacial score (nSPS) is 22.3. The molecule has 2 heterocycles. The summed E-state index contributed by atoms with van der Waals surface area (Å²) in [7, 11) is 0. The lowest BCUT2D eigenvalue weighted by atomic mass is 9.78. The van der Waals surface area contributed by atoms with Gasteiger partial charge in [0.05, 0.1) is 10.6 Å². The SMILES string of the molecule is CC1(C)CC(=O)c2sc(NC(=O)CCC3CCNC3)nc2C1.Cl. The highest BCUT2D eigenvalue weighted by atomic mass is 35.5. The van der Waals surface area contributed by atoms with Gasteiger partial charge in [0.25, 0.3) is 0 Å². The van der Waals surface area contributed by atoms with Gasteiger partial charge in [-0.1, -0.05) is 25.2 Å². The third-order valence-corrected chi connectivity index (χ3v) is 5.48. The van der Waals surface area contributed by atoms with Crippen molar-refractivity contribution in [1.82, 2.24) is 10.3 Å². The van der Waals surface area contributed by atoms with Crippen molar-refractivity contribution in [1.29, 1.82) is 0 Å². The molecule has 0 aromatic carbocycles. The molecule has 1 saturated heterocycles. The predicted molar refractivity (Wildman–Crippen MR) is 94.6 cm³/mol. The van der Waals surface area contributed by atoms with Crippen LogP contribution in [0, 0.1) is 11.3 Å². The molecular formula is C16H24ClN3O2S.